The Labute approximate surface area is 180 Å². The quantitative estimate of drug-likeness (QED) is 0.318. The van der Waals surface area contributed by atoms with Crippen LogP contribution in [0.2, 0.25) is 0 Å². The average molecular weight is 475 g/mol. The van der Waals surface area contributed by atoms with Crippen molar-refractivity contribution >= 4 is 94.1 Å². The molecule has 9 heteroatoms. The molecule has 1 N–H and O–H groups in total. The molecular weight excluding hydrogens is 453 g/mol. The first-order valence-corrected chi connectivity index (χ1v) is 15.5. The molecule has 0 saturated heterocycles. The van der Waals surface area contributed by atoms with E-state index in [1.54, 1.807) is 0 Å². The summed E-state index contributed by atoms with van der Waals surface area (Å²) in [5, 5.41) is 8.83. The number of aliphatic hydroxyl groups is 1. The molecule has 0 unspecified atom stereocenters. The Hall–Kier alpha value is 1.98. The molecule has 2 heterocycles. The monoisotopic (exact) mass is 474 g/mol. The lowest BCUT2D eigenvalue weighted by Crippen LogP contribution is -1.85. The predicted octanol–water partition coefficient (Wildman–Crippen LogP) is 7.70. The average Bonchev–Trinajstić information content (AvgIpc) is 3.21. The third-order valence-corrected chi connectivity index (χ3v) is 14.3. The zero-order chi connectivity index (χ0) is 17.4. The summed E-state index contributed by atoms with van der Waals surface area (Å²) in [5.41, 5.74) is 0. The van der Waals surface area contributed by atoms with Gasteiger partial charge >= 0.3 is 0 Å². The third-order valence-electron chi connectivity index (χ3n) is 3.08. The fourth-order valence-corrected chi connectivity index (χ4v) is 12.7. The van der Waals surface area contributed by atoms with Crippen LogP contribution in [0.1, 0.15) is 25.7 Å². The molecule has 2 rings (SSSR count). The Balaban J connectivity index is 1.87. The molecule has 0 amide bonds. The standard InChI is InChI=1S/C15H22OS8/c1-17-10-11(18-2)22-14(21-10)15-23-12(19-3)13(24-15)20-9-7-5-4-6-8-16/h16H,4-9H2,1-3H3. The highest BCUT2D eigenvalue weighted by Crippen LogP contribution is 2.65. The summed E-state index contributed by atoms with van der Waals surface area (Å²) < 4.78 is 8.78. The molecule has 0 aromatic heterocycles. The lowest BCUT2D eigenvalue weighted by Gasteiger charge is -2.03. The molecule has 0 bridgehead atoms. The van der Waals surface area contributed by atoms with E-state index in [0.717, 1.165) is 12.8 Å². The molecule has 0 spiro atoms. The van der Waals surface area contributed by atoms with Crippen molar-refractivity contribution in [2.45, 2.75) is 25.7 Å². The van der Waals surface area contributed by atoms with Crippen LogP contribution in [0.3, 0.4) is 0 Å². The van der Waals surface area contributed by atoms with Gasteiger partial charge in [-0.15, -0.1) is 47.0 Å². The van der Waals surface area contributed by atoms with Crippen molar-refractivity contribution in [3.8, 4) is 0 Å². The molecule has 0 atom stereocenters. The van der Waals surface area contributed by atoms with Crippen LogP contribution in [0.15, 0.2) is 25.4 Å². The molecule has 0 fully saturated rings. The van der Waals surface area contributed by atoms with Crippen LogP contribution in [0.5, 0.6) is 0 Å². The van der Waals surface area contributed by atoms with Gasteiger partial charge in [0.05, 0.1) is 25.4 Å². The topological polar surface area (TPSA) is 20.2 Å². The van der Waals surface area contributed by atoms with Gasteiger partial charge in [-0.3, -0.25) is 0 Å². The van der Waals surface area contributed by atoms with Crippen LogP contribution in [0.4, 0.5) is 0 Å². The van der Waals surface area contributed by atoms with Crippen molar-refractivity contribution in [3.63, 3.8) is 0 Å². The van der Waals surface area contributed by atoms with Crippen LogP contribution in [-0.2, 0) is 0 Å². The fraction of sp³-hybridized carbons (Fsp3) is 0.600. The molecule has 1 nitrogen and oxygen atoms in total. The summed E-state index contributed by atoms with van der Waals surface area (Å²) >= 11 is 15.4. The van der Waals surface area contributed by atoms with Crippen LogP contribution < -0.4 is 0 Å². The SMILES string of the molecule is CSC1=C(SC)SC(=C2SC(SC)=C(SCCCCCCO)S2)S1. The van der Waals surface area contributed by atoms with Crippen LogP contribution in [0, 0.1) is 0 Å². The summed E-state index contributed by atoms with van der Waals surface area (Å²) in [4.78, 5) is 0. The Morgan fingerprint density at radius 3 is 1.62 bits per heavy atom. The van der Waals surface area contributed by atoms with Crippen molar-refractivity contribution in [3.05, 3.63) is 25.4 Å². The smallest absolute Gasteiger partial charge is 0.0717 e. The van der Waals surface area contributed by atoms with E-state index in [0.29, 0.717) is 6.61 Å². The molecule has 2 aliphatic rings. The van der Waals surface area contributed by atoms with Crippen molar-refractivity contribution in [1.82, 2.24) is 0 Å². The van der Waals surface area contributed by atoms with E-state index >= 15 is 0 Å². The van der Waals surface area contributed by atoms with Gasteiger partial charge in [-0.25, -0.2) is 0 Å². The maximum absolute atomic E-state index is 8.83. The van der Waals surface area contributed by atoms with E-state index in [2.05, 4.69) is 18.8 Å². The number of rotatable bonds is 10. The first kappa shape index (κ1) is 22.3. The molecule has 0 saturated carbocycles. The van der Waals surface area contributed by atoms with Gasteiger partial charge in [0.2, 0.25) is 0 Å². The second kappa shape index (κ2) is 12.4. The highest BCUT2D eigenvalue weighted by atomic mass is 32.3. The van der Waals surface area contributed by atoms with Gasteiger partial charge in [0, 0.05) is 6.61 Å². The number of hydrogen-bond donors (Lipinski definition) is 1. The zero-order valence-corrected chi connectivity index (χ0v) is 20.5. The Morgan fingerprint density at radius 2 is 1.12 bits per heavy atom. The molecule has 0 radical (unpaired) electrons. The number of thioether (sulfide) groups is 8. The van der Waals surface area contributed by atoms with Gasteiger partial charge in [-0.2, -0.15) is 0 Å². The van der Waals surface area contributed by atoms with Crippen molar-refractivity contribution in [2.75, 3.05) is 31.1 Å². The van der Waals surface area contributed by atoms with Gasteiger partial charge in [0.1, 0.15) is 0 Å². The van der Waals surface area contributed by atoms with E-state index in [1.807, 2.05) is 94.1 Å². The fourth-order valence-electron chi connectivity index (χ4n) is 1.91. The summed E-state index contributed by atoms with van der Waals surface area (Å²) in [6.07, 6.45) is 11.1. The maximum Gasteiger partial charge on any atom is 0.0717 e. The minimum atomic E-state index is 0.331. The largest absolute Gasteiger partial charge is 0.396 e. The second-order valence-electron chi connectivity index (χ2n) is 4.73. The molecule has 0 aliphatic carbocycles. The first-order valence-electron chi connectivity index (χ1n) is 7.53. The Kier molecular flexibility index (Phi) is 11.5. The lowest BCUT2D eigenvalue weighted by atomic mass is 10.2. The Bertz CT molecular complexity index is 508. The van der Waals surface area contributed by atoms with E-state index in [-0.39, 0.29) is 0 Å². The van der Waals surface area contributed by atoms with Crippen LogP contribution >= 0.6 is 94.1 Å². The van der Waals surface area contributed by atoms with Gasteiger partial charge < -0.3 is 5.11 Å². The van der Waals surface area contributed by atoms with Crippen LogP contribution in [0.25, 0.3) is 0 Å². The van der Waals surface area contributed by atoms with Crippen molar-refractivity contribution < 1.29 is 5.11 Å². The molecule has 0 aromatic carbocycles. The maximum atomic E-state index is 8.83. The highest BCUT2D eigenvalue weighted by Gasteiger charge is 2.29. The van der Waals surface area contributed by atoms with Gasteiger partial charge in [0.25, 0.3) is 0 Å². The van der Waals surface area contributed by atoms with E-state index in [9.17, 15) is 0 Å². The van der Waals surface area contributed by atoms with E-state index < -0.39 is 0 Å². The van der Waals surface area contributed by atoms with E-state index in [4.69, 9.17) is 5.11 Å². The number of aliphatic hydroxyl groups excluding tert-OH is 1. The molecular formula is C15H22OS8. The summed E-state index contributed by atoms with van der Waals surface area (Å²) in [6, 6.07) is 0. The van der Waals surface area contributed by atoms with Gasteiger partial charge in [0.15, 0.2) is 0 Å². The highest BCUT2D eigenvalue weighted by molar-refractivity contribution is 8.44. The lowest BCUT2D eigenvalue weighted by molar-refractivity contribution is 0.283. The molecule has 24 heavy (non-hydrogen) atoms. The van der Waals surface area contributed by atoms with E-state index in [1.165, 1.54) is 44.0 Å². The minimum absolute atomic E-state index is 0.331. The second-order valence-corrected chi connectivity index (χ2v) is 13.9. The van der Waals surface area contributed by atoms with Gasteiger partial charge in [-0.1, -0.05) is 59.9 Å². The minimum Gasteiger partial charge on any atom is -0.396 e. The summed E-state index contributed by atoms with van der Waals surface area (Å²) in [6.45, 7) is 0.331. The number of hydrogen-bond acceptors (Lipinski definition) is 9. The first-order chi connectivity index (χ1) is 11.7. The number of unbranched alkanes of at least 4 members (excludes halogenated alkanes) is 3. The summed E-state index contributed by atoms with van der Waals surface area (Å²) in [7, 11) is 0. The molecule has 2 aliphatic heterocycles. The third kappa shape index (κ3) is 6.55. The zero-order valence-electron chi connectivity index (χ0n) is 14.0. The Morgan fingerprint density at radius 1 is 0.667 bits per heavy atom. The molecule has 136 valence electrons. The van der Waals surface area contributed by atoms with Crippen molar-refractivity contribution in [2.24, 2.45) is 0 Å². The molecule has 0 aromatic rings. The normalized spacial score (nSPS) is 18.5. The predicted molar refractivity (Wildman–Crippen MR) is 130 cm³/mol. The van der Waals surface area contributed by atoms with Gasteiger partial charge in [-0.05, 0) is 37.4 Å². The van der Waals surface area contributed by atoms with Crippen LogP contribution in [-0.4, -0.2) is 36.2 Å². The summed E-state index contributed by atoms with van der Waals surface area (Å²) in [5.74, 6) is 1.19. The van der Waals surface area contributed by atoms with Crippen molar-refractivity contribution in [1.29, 1.82) is 0 Å².